The molecule has 0 saturated carbocycles. The van der Waals surface area contributed by atoms with Crippen LogP contribution in [0.5, 0.6) is 0 Å². The highest BCUT2D eigenvalue weighted by Gasteiger charge is 2.18. The number of carbonyl (C=O) groups excluding carboxylic acids is 1. The van der Waals surface area contributed by atoms with E-state index >= 15 is 0 Å². The molecule has 0 aliphatic rings. The molecule has 0 aliphatic heterocycles. The second-order valence-electron chi connectivity index (χ2n) is 3.86. The number of hydrogen-bond donors (Lipinski definition) is 2. The molecule has 2 aromatic rings. The van der Waals surface area contributed by atoms with Gasteiger partial charge < -0.3 is 10.5 Å². The van der Waals surface area contributed by atoms with E-state index in [4.69, 9.17) is 10.5 Å². The van der Waals surface area contributed by atoms with E-state index in [1.165, 1.54) is 11.8 Å². The Morgan fingerprint density at radius 1 is 1.47 bits per heavy atom. The Morgan fingerprint density at radius 2 is 2.21 bits per heavy atom. The van der Waals surface area contributed by atoms with E-state index in [0.29, 0.717) is 5.16 Å². The van der Waals surface area contributed by atoms with Gasteiger partial charge in [0.25, 0.3) is 0 Å². The summed E-state index contributed by atoms with van der Waals surface area (Å²) in [6.45, 7) is 2.01. The topological polar surface area (TPSA) is 93.9 Å². The predicted molar refractivity (Wildman–Crippen MR) is 72.4 cm³/mol. The lowest BCUT2D eigenvalue weighted by Gasteiger charge is -2.09. The number of nitrogens with zero attached hydrogens (tertiary/aromatic N) is 2. The molecule has 0 amide bonds. The van der Waals surface area contributed by atoms with Gasteiger partial charge in [-0.1, -0.05) is 42.1 Å². The molecule has 0 spiro atoms. The van der Waals surface area contributed by atoms with E-state index in [9.17, 15) is 4.79 Å². The first kappa shape index (κ1) is 13.4. The quantitative estimate of drug-likeness (QED) is 0.637. The van der Waals surface area contributed by atoms with Gasteiger partial charge in [0, 0.05) is 0 Å². The average Bonchev–Trinajstić information content (AvgIpc) is 2.82. The molecule has 1 aromatic carbocycles. The highest BCUT2D eigenvalue weighted by atomic mass is 32.2. The van der Waals surface area contributed by atoms with Crippen LogP contribution >= 0.6 is 11.8 Å². The van der Waals surface area contributed by atoms with E-state index in [2.05, 4.69) is 15.2 Å². The summed E-state index contributed by atoms with van der Waals surface area (Å²) < 4.78 is 5.21. The maximum Gasteiger partial charge on any atom is 0.319 e. The molecule has 0 fully saturated rings. The van der Waals surface area contributed by atoms with Gasteiger partial charge in [-0.05, 0) is 12.5 Å². The number of aromatic amines is 1. The summed E-state index contributed by atoms with van der Waals surface area (Å²) in [7, 11) is 0. The van der Waals surface area contributed by atoms with E-state index in [-0.39, 0.29) is 23.8 Å². The Bertz CT molecular complexity index is 544. The van der Waals surface area contributed by atoms with Crippen molar-refractivity contribution in [2.45, 2.75) is 23.9 Å². The highest BCUT2D eigenvalue weighted by Crippen LogP contribution is 2.20. The first-order valence-corrected chi connectivity index (χ1v) is 6.58. The number of thioether (sulfide) groups is 1. The summed E-state index contributed by atoms with van der Waals surface area (Å²) in [6, 6.07) is 9.52. The molecular weight excluding hydrogens is 264 g/mol. The van der Waals surface area contributed by atoms with Crippen molar-refractivity contribution in [3.05, 3.63) is 35.9 Å². The highest BCUT2D eigenvalue weighted by molar-refractivity contribution is 8.00. The summed E-state index contributed by atoms with van der Waals surface area (Å²) in [5.74, 6) is -0.0791. The van der Waals surface area contributed by atoms with E-state index < -0.39 is 0 Å². The number of hydrogen-bond acceptors (Lipinski definition) is 6. The number of H-pyrrole nitrogens is 1. The Hall–Kier alpha value is -2.02. The minimum absolute atomic E-state index is 0.229. The van der Waals surface area contributed by atoms with Crippen LogP contribution in [-0.4, -0.2) is 26.4 Å². The standard InChI is InChI=1S/C12H14N4O2S/c1-8(19-12-14-11(13)15-16-12)10(17)18-7-9-5-3-2-4-6-9/h2-6,8H,7H2,1H3,(H3,13,14,15,16). The van der Waals surface area contributed by atoms with E-state index in [1.807, 2.05) is 30.3 Å². The molecular formula is C12H14N4O2S. The fraction of sp³-hybridized carbons (Fsp3) is 0.250. The van der Waals surface area contributed by atoms with Crippen LogP contribution in [0.4, 0.5) is 5.95 Å². The number of nitrogens with one attached hydrogen (secondary N) is 1. The summed E-state index contributed by atoms with van der Waals surface area (Å²) in [5, 5.41) is 6.41. The Kier molecular flexibility index (Phi) is 4.40. The Balaban J connectivity index is 1.82. The number of nitrogen functional groups attached to an aromatic ring is 1. The minimum Gasteiger partial charge on any atom is -0.460 e. The Labute approximate surface area is 114 Å². The third-order valence-corrected chi connectivity index (χ3v) is 3.26. The number of rotatable bonds is 5. The molecule has 2 rings (SSSR count). The van der Waals surface area contributed by atoms with Crippen LogP contribution < -0.4 is 5.73 Å². The smallest absolute Gasteiger partial charge is 0.319 e. The zero-order valence-corrected chi connectivity index (χ0v) is 11.2. The zero-order chi connectivity index (χ0) is 13.7. The molecule has 3 N–H and O–H groups in total. The first-order chi connectivity index (χ1) is 9.15. The van der Waals surface area contributed by atoms with Crippen molar-refractivity contribution < 1.29 is 9.53 Å². The maximum atomic E-state index is 11.8. The molecule has 1 atom stereocenters. The van der Waals surface area contributed by atoms with E-state index in [1.54, 1.807) is 6.92 Å². The number of anilines is 1. The number of esters is 1. The molecule has 1 unspecified atom stereocenters. The molecule has 0 bridgehead atoms. The van der Waals surface area contributed by atoms with Crippen molar-refractivity contribution >= 4 is 23.7 Å². The van der Waals surface area contributed by atoms with Crippen LogP contribution in [-0.2, 0) is 16.1 Å². The molecule has 100 valence electrons. The fourth-order valence-electron chi connectivity index (χ4n) is 1.36. The van der Waals surface area contributed by atoms with Crippen molar-refractivity contribution in [3.8, 4) is 0 Å². The van der Waals surface area contributed by atoms with Crippen LogP contribution in [0.1, 0.15) is 12.5 Å². The molecule has 7 heteroatoms. The average molecular weight is 278 g/mol. The zero-order valence-electron chi connectivity index (χ0n) is 10.4. The Morgan fingerprint density at radius 3 is 2.84 bits per heavy atom. The van der Waals surface area contributed by atoms with Gasteiger partial charge in [-0.15, -0.1) is 5.10 Å². The second kappa shape index (κ2) is 6.24. The van der Waals surface area contributed by atoms with Gasteiger partial charge >= 0.3 is 5.97 Å². The van der Waals surface area contributed by atoms with Gasteiger partial charge in [0.15, 0.2) is 0 Å². The van der Waals surface area contributed by atoms with Gasteiger partial charge in [0.05, 0.1) is 0 Å². The van der Waals surface area contributed by atoms with Crippen molar-refractivity contribution in [1.82, 2.24) is 15.2 Å². The first-order valence-electron chi connectivity index (χ1n) is 5.70. The summed E-state index contributed by atoms with van der Waals surface area (Å²) in [6.07, 6.45) is 0. The molecule has 1 aromatic heterocycles. The lowest BCUT2D eigenvalue weighted by Crippen LogP contribution is -2.16. The normalized spacial score (nSPS) is 12.1. The van der Waals surface area contributed by atoms with Gasteiger partial charge in [-0.25, -0.2) is 5.10 Å². The monoisotopic (exact) mass is 278 g/mol. The lowest BCUT2D eigenvalue weighted by molar-refractivity contribution is -0.143. The summed E-state index contributed by atoms with van der Waals surface area (Å²) in [4.78, 5) is 15.7. The van der Waals surface area contributed by atoms with Crippen LogP contribution in [0.2, 0.25) is 0 Å². The molecule has 1 heterocycles. The van der Waals surface area contributed by atoms with Gasteiger partial charge in [-0.3, -0.25) is 4.79 Å². The third-order valence-electron chi connectivity index (χ3n) is 2.32. The molecule has 19 heavy (non-hydrogen) atoms. The van der Waals surface area contributed by atoms with Crippen molar-refractivity contribution in [1.29, 1.82) is 0 Å². The van der Waals surface area contributed by atoms with Crippen molar-refractivity contribution in [3.63, 3.8) is 0 Å². The predicted octanol–water partition coefficient (Wildman–Crippen LogP) is 1.61. The number of aromatic nitrogens is 3. The molecule has 0 saturated heterocycles. The van der Waals surface area contributed by atoms with E-state index in [0.717, 1.165) is 5.56 Å². The SMILES string of the molecule is CC(Sc1n[nH]c(N)n1)C(=O)OCc1ccccc1. The molecule has 0 aliphatic carbocycles. The second-order valence-corrected chi connectivity index (χ2v) is 5.16. The maximum absolute atomic E-state index is 11.8. The molecule has 0 radical (unpaired) electrons. The van der Waals surface area contributed by atoms with Gasteiger partial charge in [-0.2, -0.15) is 4.98 Å². The van der Waals surface area contributed by atoms with Crippen molar-refractivity contribution in [2.24, 2.45) is 0 Å². The minimum atomic E-state index is -0.390. The number of ether oxygens (including phenoxy) is 1. The van der Waals surface area contributed by atoms with Crippen LogP contribution in [0.3, 0.4) is 0 Å². The lowest BCUT2D eigenvalue weighted by atomic mass is 10.2. The van der Waals surface area contributed by atoms with Crippen LogP contribution in [0, 0.1) is 0 Å². The van der Waals surface area contributed by atoms with Crippen LogP contribution in [0.25, 0.3) is 0 Å². The van der Waals surface area contributed by atoms with Crippen LogP contribution in [0.15, 0.2) is 35.5 Å². The number of nitrogens with two attached hydrogens (primary N) is 1. The largest absolute Gasteiger partial charge is 0.460 e. The number of benzene rings is 1. The summed E-state index contributed by atoms with van der Waals surface area (Å²) in [5.41, 5.74) is 6.36. The summed E-state index contributed by atoms with van der Waals surface area (Å²) >= 11 is 1.20. The molecule has 6 nitrogen and oxygen atoms in total. The number of carbonyl (C=O) groups is 1. The van der Waals surface area contributed by atoms with Gasteiger partial charge in [0.1, 0.15) is 11.9 Å². The fourth-order valence-corrected chi connectivity index (χ4v) is 2.09. The third kappa shape index (κ3) is 3.99. The van der Waals surface area contributed by atoms with Crippen molar-refractivity contribution in [2.75, 3.05) is 5.73 Å². The van der Waals surface area contributed by atoms with Gasteiger partial charge in [0.2, 0.25) is 11.1 Å².